The lowest BCUT2D eigenvalue weighted by molar-refractivity contribution is 0.893. The summed E-state index contributed by atoms with van der Waals surface area (Å²) in [7, 11) is 0. The minimum atomic E-state index is 0.968. The molecule has 0 bridgehead atoms. The first-order valence-electron chi connectivity index (χ1n) is 3.38. The largest absolute Gasteiger partial charge is 0.402 e. The molecular formula is C8H15N. The average Bonchev–Trinajstić information content (AvgIpc) is 1.85. The third-order valence-corrected chi connectivity index (χ3v) is 1.04. The molecular weight excluding hydrogens is 110 g/mol. The monoisotopic (exact) mass is 125 g/mol. The third kappa shape index (κ3) is 5.15. The van der Waals surface area contributed by atoms with E-state index in [0.717, 1.165) is 18.5 Å². The molecule has 0 fully saturated rings. The van der Waals surface area contributed by atoms with E-state index >= 15 is 0 Å². The Labute approximate surface area is 57.3 Å². The van der Waals surface area contributed by atoms with E-state index in [1.165, 1.54) is 0 Å². The number of rotatable bonds is 3. The molecule has 52 valence electrons. The highest BCUT2D eigenvalue weighted by Crippen LogP contribution is 1.95. The van der Waals surface area contributed by atoms with E-state index in [0.29, 0.717) is 0 Å². The van der Waals surface area contributed by atoms with Crippen LogP contribution >= 0.6 is 0 Å². The van der Waals surface area contributed by atoms with Crippen LogP contribution in [0.2, 0.25) is 0 Å². The molecule has 0 aromatic heterocycles. The van der Waals surface area contributed by atoms with Crippen molar-refractivity contribution in [1.29, 1.82) is 0 Å². The molecule has 0 unspecified atom stereocenters. The summed E-state index contributed by atoms with van der Waals surface area (Å²) in [5.74, 6) is 0. The molecule has 0 aromatic carbocycles. The molecule has 0 aliphatic rings. The topological polar surface area (TPSA) is 26.0 Å². The lowest BCUT2D eigenvalue weighted by Gasteiger charge is -1.92. The van der Waals surface area contributed by atoms with Crippen LogP contribution in [0.25, 0.3) is 0 Å². The second-order valence-electron chi connectivity index (χ2n) is 2.02. The van der Waals surface area contributed by atoms with Gasteiger partial charge in [-0.2, -0.15) is 0 Å². The standard InChI is InChI=1S/C8H15N/c1-3-5-7-8(9)6-4-2/h3,5,7H,4,6,9H2,1-2H3/b5-3-,8-7+. The summed E-state index contributed by atoms with van der Waals surface area (Å²) in [4.78, 5) is 0. The van der Waals surface area contributed by atoms with E-state index in [1.807, 2.05) is 25.2 Å². The van der Waals surface area contributed by atoms with Gasteiger partial charge in [0.1, 0.15) is 0 Å². The van der Waals surface area contributed by atoms with Crippen molar-refractivity contribution in [2.24, 2.45) is 5.73 Å². The highest BCUT2D eigenvalue weighted by molar-refractivity contribution is 5.08. The van der Waals surface area contributed by atoms with E-state index in [9.17, 15) is 0 Å². The zero-order valence-corrected chi connectivity index (χ0v) is 6.22. The quantitative estimate of drug-likeness (QED) is 0.575. The van der Waals surface area contributed by atoms with E-state index in [2.05, 4.69) is 6.92 Å². The average molecular weight is 125 g/mol. The number of hydrogen-bond acceptors (Lipinski definition) is 1. The van der Waals surface area contributed by atoms with Crippen molar-refractivity contribution in [2.75, 3.05) is 0 Å². The fourth-order valence-corrected chi connectivity index (χ4v) is 0.592. The highest BCUT2D eigenvalue weighted by atomic mass is 14.6. The Morgan fingerprint density at radius 2 is 2.22 bits per heavy atom. The van der Waals surface area contributed by atoms with Crippen LogP contribution in [0.1, 0.15) is 26.7 Å². The van der Waals surface area contributed by atoms with Crippen molar-refractivity contribution in [3.63, 3.8) is 0 Å². The van der Waals surface area contributed by atoms with Gasteiger partial charge in [-0.1, -0.05) is 25.5 Å². The maximum atomic E-state index is 5.58. The Morgan fingerprint density at radius 1 is 1.56 bits per heavy atom. The Hall–Kier alpha value is -0.720. The molecule has 0 atom stereocenters. The van der Waals surface area contributed by atoms with Crippen LogP contribution in [0, 0.1) is 0 Å². The van der Waals surface area contributed by atoms with Gasteiger partial charge in [0.2, 0.25) is 0 Å². The lowest BCUT2D eigenvalue weighted by atomic mass is 10.2. The minimum absolute atomic E-state index is 0.968. The van der Waals surface area contributed by atoms with Crippen LogP contribution in [0.3, 0.4) is 0 Å². The predicted molar refractivity (Wildman–Crippen MR) is 42.0 cm³/mol. The van der Waals surface area contributed by atoms with Crippen LogP contribution in [-0.2, 0) is 0 Å². The maximum Gasteiger partial charge on any atom is 0.00802 e. The second-order valence-corrected chi connectivity index (χ2v) is 2.02. The second kappa shape index (κ2) is 5.42. The van der Waals surface area contributed by atoms with Crippen LogP contribution in [0.4, 0.5) is 0 Å². The van der Waals surface area contributed by atoms with Gasteiger partial charge in [-0.15, -0.1) is 0 Å². The zero-order chi connectivity index (χ0) is 7.11. The summed E-state index contributed by atoms with van der Waals surface area (Å²) in [5.41, 5.74) is 6.55. The number of nitrogens with two attached hydrogens (primary N) is 1. The normalized spacial score (nSPS) is 12.9. The van der Waals surface area contributed by atoms with Gasteiger partial charge < -0.3 is 5.73 Å². The molecule has 2 N–H and O–H groups in total. The zero-order valence-electron chi connectivity index (χ0n) is 6.22. The van der Waals surface area contributed by atoms with Crippen LogP contribution in [-0.4, -0.2) is 0 Å². The molecule has 0 aliphatic carbocycles. The van der Waals surface area contributed by atoms with Crippen molar-refractivity contribution in [3.8, 4) is 0 Å². The van der Waals surface area contributed by atoms with E-state index in [4.69, 9.17) is 5.73 Å². The molecule has 0 rings (SSSR count). The molecule has 1 nitrogen and oxygen atoms in total. The Balaban J connectivity index is 3.55. The van der Waals surface area contributed by atoms with Crippen molar-refractivity contribution in [1.82, 2.24) is 0 Å². The molecule has 0 spiro atoms. The SMILES string of the molecule is C/C=C\C=C(\N)CCC. The summed E-state index contributed by atoms with van der Waals surface area (Å²) in [6.45, 7) is 4.10. The van der Waals surface area contributed by atoms with Crippen molar-refractivity contribution >= 4 is 0 Å². The lowest BCUT2D eigenvalue weighted by Crippen LogP contribution is -1.94. The molecule has 0 amide bonds. The van der Waals surface area contributed by atoms with Gasteiger partial charge in [-0.25, -0.2) is 0 Å². The molecule has 0 aliphatic heterocycles. The molecule has 0 aromatic rings. The first-order chi connectivity index (χ1) is 4.31. The van der Waals surface area contributed by atoms with Crippen LogP contribution < -0.4 is 5.73 Å². The summed E-state index contributed by atoms with van der Waals surface area (Å²) in [6.07, 6.45) is 8.02. The minimum Gasteiger partial charge on any atom is -0.402 e. The summed E-state index contributed by atoms with van der Waals surface area (Å²) in [5, 5.41) is 0. The van der Waals surface area contributed by atoms with Gasteiger partial charge in [0, 0.05) is 5.70 Å². The van der Waals surface area contributed by atoms with Crippen LogP contribution in [0.5, 0.6) is 0 Å². The van der Waals surface area contributed by atoms with E-state index in [-0.39, 0.29) is 0 Å². The third-order valence-electron chi connectivity index (χ3n) is 1.04. The maximum absolute atomic E-state index is 5.58. The van der Waals surface area contributed by atoms with Gasteiger partial charge in [-0.3, -0.25) is 0 Å². The number of allylic oxidation sites excluding steroid dienone is 4. The van der Waals surface area contributed by atoms with Gasteiger partial charge in [0.05, 0.1) is 0 Å². The smallest absolute Gasteiger partial charge is 0.00802 e. The van der Waals surface area contributed by atoms with Gasteiger partial charge in [0.15, 0.2) is 0 Å². The summed E-state index contributed by atoms with van der Waals surface area (Å²) >= 11 is 0. The first kappa shape index (κ1) is 8.28. The predicted octanol–water partition coefficient (Wildman–Crippen LogP) is 2.21. The van der Waals surface area contributed by atoms with E-state index in [1.54, 1.807) is 0 Å². The molecule has 0 saturated heterocycles. The molecule has 1 heteroatoms. The number of hydrogen-bond donors (Lipinski definition) is 1. The van der Waals surface area contributed by atoms with Gasteiger partial charge >= 0.3 is 0 Å². The summed E-state index contributed by atoms with van der Waals surface area (Å²) in [6, 6.07) is 0. The summed E-state index contributed by atoms with van der Waals surface area (Å²) < 4.78 is 0. The first-order valence-corrected chi connectivity index (χ1v) is 3.38. The van der Waals surface area contributed by atoms with Crippen molar-refractivity contribution in [2.45, 2.75) is 26.7 Å². The molecule has 9 heavy (non-hydrogen) atoms. The Kier molecular flexibility index (Phi) is 4.98. The van der Waals surface area contributed by atoms with Gasteiger partial charge in [0.25, 0.3) is 0 Å². The fourth-order valence-electron chi connectivity index (χ4n) is 0.592. The Bertz CT molecular complexity index is 112. The molecule has 0 radical (unpaired) electrons. The van der Waals surface area contributed by atoms with Crippen LogP contribution in [0.15, 0.2) is 23.9 Å². The Morgan fingerprint density at radius 3 is 2.67 bits per heavy atom. The van der Waals surface area contributed by atoms with E-state index < -0.39 is 0 Å². The van der Waals surface area contributed by atoms with Gasteiger partial charge in [-0.05, 0) is 19.4 Å². The molecule has 0 saturated carbocycles. The van der Waals surface area contributed by atoms with Crippen molar-refractivity contribution < 1.29 is 0 Å². The fraction of sp³-hybridized carbons (Fsp3) is 0.500. The highest BCUT2D eigenvalue weighted by Gasteiger charge is 1.82. The molecule has 0 heterocycles. The van der Waals surface area contributed by atoms with Crippen molar-refractivity contribution in [3.05, 3.63) is 23.9 Å².